The summed E-state index contributed by atoms with van der Waals surface area (Å²) in [7, 11) is 1.97. The predicted molar refractivity (Wildman–Crippen MR) is 48.7 cm³/mol. The van der Waals surface area contributed by atoms with Crippen LogP contribution in [0.5, 0.6) is 0 Å². The maximum absolute atomic E-state index is 11.5. The van der Waals surface area contributed by atoms with E-state index < -0.39 is 0 Å². The minimum absolute atomic E-state index is 0.00741. The Morgan fingerprint density at radius 1 is 1.62 bits per heavy atom. The molecule has 1 aromatic rings. The second kappa shape index (κ2) is 2.62. The van der Waals surface area contributed by atoms with Crippen LogP contribution in [0.15, 0.2) is 6.20 Å². The summed E-state index contributed by atoms with van der Waals surface area (Å²) >= 11 is 0. The molecule has 1 aliphatic rings. The molecule has 0 spiro atoms. The second-order valence-electron chi connectivity index (χ2n) is 3.66. The van der Waals surface area contributed by atoms with E-state index in [4.69, 9.17) is 4.74 Å². The molecule has 0 aliphatic carbocycles. The third kappa shape index (κ3) is 1.15. The van der Waals surface area contributed by atoms with Crippen LogP contribution >= 0.6 is 0 Å². The van der Waals surface area contributed by atoms with Gasteiger partial charge in [-0.3, -0.25) is 0 Å². The highest BCUT2D eigenvalue weighted by molar-refractivity contribution is 5.93. The van der Waals surface area contributed by atoms with Crippen LogP contribution in [0.2, 0.25) is 0 Å². The Morgan fingerprint density at radius 2 is 2.31 bits per heavy atom. The quantitative estimate of drug-likeness (QED) is 0.564. The van der Waals surface area contributed by atoms with Gasteiger partial charge in [-0.15, -0.1) is 0 Å². The summed E-state index contributed by atoms with van der Waals surface area (Å²) in [5.74, 6) is -0.174. The van der Waals surface area contributed by atoms with Crippen LogP contribution in [0.3, 0.4) is 0 Å². The number of aromatic nitrogens is 1. The molecule has 0 bridgehead atoms. The molecule has 0 saturated carbocycles. The van der Waals surface area contributed by atoms with E-state index >= 15 is 0 Å². The molecule has 1 aromatic heterocycles. The lowest BCUT2D eigenvalue weighted by Gasteiger charge is -2.20. The molecule has 1 unspecified atom stereocenters. The number of ether oxygens (including phenoxy) is 1. The van der Waals surface area contributed by atoms with Crippen LogP contribution in [-0.4, -0.2) is 16.6 Å². The highest BCUT2D eigenvalue weighted by Gasteiger charge is 2.27. The summed E-state index contributed by atoms with van der Waals surface area (Å²) in [4.78, 5) is 11.5. The van der Waals surface area contributed by atoms with Crippen molar-refractivity contribution in [3.05, 3.63) is 23.0 Å². The number of carbonyl (C=O) groups excluding carboxylic acids is 1. The van der Waals surface area contributed by atoms with E-state index in [-0.39, 0.29) is 12.1 Å². The minimum atomic E-state index is -0.174. The Bertz CT molecular complexity index is 365. The van der Waals surface area contributed by atoms with Gasteiger partial charge in [0.2, 0.25) is 0 Å². The first kappa shape index (κ1) is 8.35. The third-order valence-corrected chi connectivity index (χ3v) is 2.49. The number of hydrogen-bond acceptors (Lipinski definition) is 2. The molecule has 0 aromatic carbocycles. The van der Waals surface area contributed by atoms with E-state index in [1.54, 1.807) is 0 Å². The summed E-state index contributed by atoms with van der Waals surface area (Å²) in [6, 6.07) is 0. The Morgan fingerprint density at radius 3 is 3.00 bits per heavy atom. The van der Waals surface area contributed by atoms with Crippen LogP contribution < -0.4 is 0 Å². The zero-order chi connectivity index (χ0) is 9.59. The van der Waals surface area contributed by atoms with Crippen LogP contribution in [0.4, 0.5) is 0 Å². The summed E-state index contributed by atoms with van der Waals surface area (Å²) in [5, 5.41) is 0. The molecule has 0 radical (unpaired) electrons. The molecule has 3 nitrogen and oxygen atoms in total. The highest BCUT2D eigenvalue weighted by Crippen LogP contribution is 2.24. The molecule has 70 valence electrons. The lowest BCUT2D eigenvalue weighted by atomic mass is 10.0. The van der Waals surface area contributed by atoms with Gasteiger partial charge in [0.05, 0.1) is 5.56 Å². The number of nitrogens with zero attached hydrogens (tertiary/aromatic N) is 1. The Balaban J connectivity index is 2.57. The van der Waals surface area contributed by atoms with E-state index in [0.717, 1.165) is 23.2 Å². The molecule has 0 saturated heterocycles. The lowest BCUT2D eigenvalue weighted by Crippen LogP contribution is -2.26. The number of rotatable bonds is 0. The van der Waals surface area contributed by atoms with Crippen molar-refractivity contribution >= 4 is 5.97 Å². The van der Waals surface area contributed by atoms with Gasteiger partial charge in [-0.1, -0.05) is 0 Å². The van der Waals surface area contributed by atoms with Gasteiger partial charge in [0.15, 0.2) is 0 Å². The fourth-order valence-electron chi connectivity index (χ4n) is 1.92. The molecule has 3 heteroatoms. The van der Waals surface area contributed by atoms with Gasteiger partial charge in [0.25, 0.3) is 0 Å². The molecule has 0 N–H and O–H groups in total. The van der Waals surface area contributed by atoms with Crippen molar-refractivity contribution in [1.29, 1.82) is 0 Å². The van der Waals surface area contributed by atoms with Gasteiger partial charge in [0, 0.05) is 25.4 Å². The van der Waals surface area contributed by atoms with Crippen LogP contribution in [-0.2, 0) is 18.2 Å². The molecular weight excluding hydrogens is 166 g/mol. The lowest BCUT2D eigenvalue weighted by molar-refractivity contribution is 0.0295. The Labute approximate surface area is 77.3 Å². The van der Waals surface area contributed by atoms with Gasteiger partial charge in [-0.2, -0.15) is 0 Å². The normalized spacial score (nSPS) is 21.2. The first-order valence-electron chi connectivity index (χ1n) is 4.45. The maximum Gasteiger partial charge on any atom is 0.340 e. The summed E-state index contributed by atoms with van der Waals surface area (Å²) in [5.41, 5.74) is 2.87. The topological polar surface area (TPSA) is 31.2 Å². The van der Waals surface area contributed by atoms with Gasteiger partial charge in [-0.05, 0) is 19.4 Å². The number of aryl methyl sites for hydroxylation is 2. The van der Waals surface area contributed by atoms with Crippen molar-refractivity contribution in [3.63, 3.8) is 0 Å². The van der Waals surface area contributed by atoms with E-state index in [9.17, 15) is 4.79 Å². The average Bonchev–Trinajstić information content (AvgIpc) is 2.27. The fraction of sp³-hybridized carbons (Fsp3) is 0.500. The monoisotopic (exact) mass is 179 g/mol. The van der Waals surface area contributed by atoms with Crippen LogP contribution in [0.25, 0.3) is 0 Å². The third-order valence-electron chi connectivity index (χ3n) is 2.49. The van der Waals surface area contributed by atoms with Crippen molar-refractivity contribution in [2.45, 2.75) is 26.4 Å². The highest BCUT2D eigenvalue weighted by atomic mass is 16.5. The van der Waals surface area contributed by atoms with Gasteiger partial charge in [-0.25, -0.2) is 4.79 Å². The minimum Gasteiger partial charge on any atom is -0.459 e. The molecule has 2 heterocycles. The van der Waals surface area contributed by atoms with Gasteiger partial charge < -0.3 is 9.30 Å². The molecule has 2 rings (SSSR count). The maximum atomic E-state index is 11.5. The zero-order valence-electron chi connectivity index (χ0n) is 8.13. The summed E-state index contributed by atoms with van der Waals surface area (Å²) in [6.07, 6.45) is 2.81. The average molecular weight is 179 g/mol. The predicted octanol–water partition coefficient (Wildman–Crippen LogP) is 1.43. The smallest absolute Gasteiger partial charge is 0.340 e. The second-order valence-corrected chi connectivity index (χ2v) is 3.66. The Kier molecular flexibility index (Phi) is 1.68. The molecular formula is C10H13NO2. The van der Waals surface area contributed by atoms with Crippen molar-refractivity contribution in [2.24, 2.45) is 7.05 Å². The number of esters is 1. The Hall–Kier alpha value is -1.25. The fourth-order valence-corrected chi connectivity index (χ4v) is 1.92. The largest absolute Gasteiger partial charge is 0.459 e. The first-order chi connectivity index (χ1) is 6.09. The van der Waals surface area contributed by atoms with E-state index in [0.29, 0.717) is 0 Å². The number of fused-ring (bicyclic) bond motifs is 1. The standard InChI is InChI=1S/C10H13NO2/c1-6-5-11(3)8-4-7(2)13-10(12)9(6)8/h5,7H,4H2,1-3H3. The van der Waals surface area contributed by atoms with E-state index in [2.05, 4.69) is 0 Å². The molecule has 13 heavy (non-hydrogen) atoms. The van der Waals surface area contributed by atoms with E-state index in [1.165, 1.54) is 0 Å². The SMILES string of the molecule is Cc1cn(C)c2c1C(=O)OC(C)C2. The van der Waals surface area contributed by atoms with Crippen LogP contribution in [0.1, 0.15) is 28.5 Å². The summed E-state index contributed by atoms with van der Waals surface area (Å²) < 4.78 is 7.17. The first-order valence-corrected chi connectivity index (χ1v) is 4.45. The summed E-state index contributed by atoms with van der Waals surface area (Å²) in [6.45, 7) is 3.86. The van der Waals surface area contributed by atoms with Gasteiger partial charge in [0.1, 0.15) is 6.10 Å². The van der Waals surface area contributed by atoms with Crippen molar-refractivity contribution in [1.82, 2.24) is 4.57 Å². The number of cyclic esters (lactones) is 1. The van der Waals surface area contributed by atoms with Crippen molar-refractivity contribution < 1.29 is 9.53 Å². The van der Waals surface area contributed by atoms with Crippen LogP contribution in [0, 0.1) is 6.92 Å². The molecule has 0 amide bonds. The molecule has 1 aliphatic heterocycles. The number of hydrogen-bond donors (Lipinski definition) is 0. The molecule has 0 fully saturated rings. The molecule has 1 atom stereocenters. The van der Waals surface area contributed by atoms with Crippen molar-refractivity contribution in [3.8, 4) is 0 Å². The zero-order valence-corrected chi connectivity index (χ0v) is 8.13. The van der Waals surface area contributed by atoms with Crippen molar-refractivity contribution in [2.75, 3.05) is 0 Å². The van der Waals surface area contributed by atoms with Gasteiger partial charge >= 0.3 is 5.97 Å². The van der Waals surface area contributed by atoms with E-state index in [1.807, 2.05) is 31.7 Å². The number of carbonyl (C=O) groups is 1.